The topological polar surface area (TPSA) is 59.2 Å². The fraction of sp³-hybridized carbons (Fsp3) is 0.160. The van der Waals surface area contributed by atoms with Gasteiger partial charge in [0.15, 0.2) is 0 Å². The van der Waals surface area contributed by atoms with Crippen LogP contribution in [0, 0.1) is 0 Å². The van der Waals surface area contributed by atoms with E-state index in [1.807, 2.05) is 48.5 Å². The third kappa shape index (κ3) is 4.66. The van der Waals surface area contributed by atoms with E-state index in [0.29, 0.717) is 22.4 Å². The van der Waals surface area contributed by atoms with Crippen molar-refractivity contribution in [2.45, 2.75) is 25.4 Å². The van der Waals surface area contributed by atoms with Crippen molar-refractivity contribution >= 4 is 34.9 Å². The van der Waals surface area contributed by atoms with E-state index in [0.717, 1.165) is 17.7 Å². The van der Waals surface area contributed by atoms with Crippen molar-refractivity contribution < 1.29 is 9.21 Å². The minimum Gasteiger partial charge on any atom is -0.419 e. The first-order valence-corrected chi connectivity index (χ1v) is 11.6. The Labute approximate surface area is 195 Å². The number of carbonyl (C=O) groups is 1. The van der Waals surface area contributed by atoms with Gasteiger partial charge in [0.2, 0.25) is 17.7 Å². The molecule has 2 aromatic heterocycles. The molecule has 1 fully saturated rings. The molecule has 0 saturated heterocycles. The zero-order valence-electron chi connectivity index (χ0n) is 17.1. The monoisotopic (exact) mass is 461 g/mol. The van der Waals surface area contributed by atoms with E-state index in [1.54, 1.807) is 28.4 Å². The van der Waals surface area contributed by atoms with Crippen LogP contribution in [0.5, 0.6) is 0 Å². The number of hydrogen-bond acceptors (Lipinski definition) is 5. The highest BCUT2D eigenvalue weighted by molar-refractivity contribution is 7.16. The van der Waals surface area contributed by atoms with Gasteiger partial charge in [-0.15, -0.1) is 21.5 Å². The van der Waals surface area contributed by atoms with Gasteiger partial charge in [0.1, 0.15) is 0 Å². The Morgan fingerprint density at radius 2 is 1.84 bits per heavy atom. The zero-order valence-corrected chi connectivity index (χ0v) is 18.7. The van der Waals surface area contributed by atoms with Gasteiger partial charge >= 0.3 is 0 Å². The van der Waals surface area contributed by atoms with Gasteiger partial charge < -0.3 is 9.32 Å². The summed E-state index contributed by atoms with van der Waals surface area (Å²) in [6.45, 7) is 0.283. The molecular formula is C25H20ClN3O2S. The Kier molecular flexibility index (Phi) is 5.88. The summed E-state index contributed by atoms with van der Waals surface area (Å²) < 4.78 is 5.80. The van der Waals surface area contributed by atoms with Gasteiger partial charge in [0.05, 0.1) is 17.1 Å². The van der Waals surface area contributed by atoms with Crippen molar-refractivity contribution in [2.75, 3.05) is 0 Å². The third-order valence-electron chi connectivity index (χ3n) is 5.22. The summed E-state index contributed by atoms with van der Waals surface area (Å²) in [7, 11) is 0. The van der Waals surface area contributed by atoms with Crippen LogP contribution in [0.1, 0.15) is 23.6 Å². The molecule has 0 radical (unpaired) electrons. The third-order valence-corrected chi connectivity index (χ3v) is 6.65. The number of benzene rings is 2. The Morgan fingerprint density at radius 1 is 1.06 bits per heavy atom. The zero-order chi connectivity index (χ0) is 21.9. The highest BCUT2D eigenvalue weighted by atomic mass is 35.5. The van der Waals surface area contributed by atoms with E-state index in [4.69, 9.17) is 16.0 Å². The number of amides is 1. The predicted octanol–water partition coefficient (Wildman–Crippen LogP) is 6.32. The lowest BCUT2D eigenvalue weighted by Crippen LogP contribution is -2.31. The van der Waals surface area contributed by atoms with Crippen molar-refractivity contribution in [3.05, 3.63) is 88.6 Å². The largest absolute Gasteiger partial charge is 0.419 e. The first-order chi connectivity index (χ1) is 15.7. The lowest BCUT2D eigenvalue weighted by molar-refractivity contribution is -0.127. The SMILES string of the molecule is O=C(/C=C/c1ccc(-c2ccccc2)s1)N(Cc1nnc(-c2ccccc2Cl)o1)C1CC1. The summed E-state index contributed by atoms with van der Waals surface area (Å²) >= 11 is 7.88. The van der Waals surface area contributed by atoms with Crippen LogP contribution in [0.3, 0.4) is 0 Å². The van der Waals surface area contributed by atoms with Crippen LogP contribution >= 0.6 is 22.9 Å². The van der Waals surface area contributed by atoms with Gasteiger partial charge in [-0.05, 0) is 48.7 Å². The van der Waals surface area contributed by atoms with E-state index in [2.05, 4.69) is 28.4 Å². The summed E-state index contributed by atoms with van der Waals surface area (Å²) in [4.78, 5) is 17.0. The molecule has 2 aromatic carbocycles. The van der Waals surface area contributed by atoms with Gasteiger partial charge in [0, 0.05) is 21.9 Å². The number of halogens is 1. The molecule has 1 amide bonds. The summed E-state index contributed by atoms with van der Waals surface area (Å²) in [6.07, 6.45) is 5.48. The average molecular weight is 462 g/mol. The van der Waals surface area contributed by atoms with E-state index in [9.17, 15) is 4.79 Å². The van der Waals surface area contributed by atoms with E-state index >= 15 is 0 Å². The number of nitrogens with zero attached hydrogens (tertiary/aromatic N) is 3. The number of rotatable bonds is 7. The van der Waals surface area contributed by atoms with Crippen LogP contribution in [0.4, 0.5) is 0 Å². The second kappa shape index (κ2) is 9.10. The van der Waals surface area contributed by atoms with Crippen LogP contribution in [0.25, 0.3) is 28.0 Å². The maximum atomic E-state index is 12.9. The second-order valence-corrected chi connectivity index (χ2v) is 9.10. The maximum Gasteiger partial charge on any atom is 0.249 e. The molecule has 32 heavy (non-hydrogen) atoms. The van der Waals surface area contributed by atoms with Crippen LogP contribution < -0.4 is 0 Å². The molecular weight excluding hydrogens is 442 g/mol. The molecule has 1 aliphatic rings. The second-order valence-electron chi connectivity index (χ2n) is 7.58. The molecule has 1 saturated carbocycles. The molecule has 7 heteroatoms. The van der Waals surface area contributed by atoms with Crippen LogP contribution in [-0.4, -0.2) is 27.0 Å². The van der Waals surface area contributed by atoms with Gasteiger partial charge in [0.25, 0.3) is 0 Å². The molecule has 0 unspecified atom stereocenters. The number of thiophene rings is 1. The smallest absolute Gasteiger partial charge is 0.249 e. The summed E-state index contributed by atoms with van der Waals surface area (Å²) in [5.74, 6) is 0.701. The van der Waals surface area contributed by atoms with E-state index in [1.165, 1.54) is 10.4 Å². The Morgan fingerprint density at radius 3 is 2.62 bits per heavy atom. The van der Waals surface area contributed by atoms with Crippen molar-refractivity contribution in [1.29, 1.82) is 0 Å². The molecule has 4 aromatic rings. The minimum atomic E-state index is -0.0559. The van der Waals surface area contributed by atoms with Gasteiger partial charge in [-0.1, -0.05) is 54.1 Å². The number of hydrogen-bond donors (Lipinski definition) is 0. The van der Waals surface area contributed by atoms with Crippen LogP contribution in [0.2, 0.25) is 5.02 Å². The molecule has 0 bridgehead atoms. The van der Waals surface area contributed by atoms with E-state index in [-0.39, 0.29) is 18.5 Å². The molecule has 2 heterocycles. The van der Waals surface area contributed by atoms with Gasteiger partial charge in [-0.25, -0.2) is 0 Å². The van der Waals surface area contributed by atoms with Crippen molar-refractivity contribution in [3.8, 4) is 21.9 Å². The quantitative estimate of drug-likeness (QED) is 0.302. The molecule has 5 rings (SSSR count). The fourth-order valence-corrected chi connectivity index (χ4v) is 4.56. The highest BCUT2D eigenvalue weighted by Gasteiger charge is 2.33. The minimum absolute atomic E-state index is 0.0559. The Bertz CT molecular complexity index is 1260. The average Bonchev–Trinajstić information content (AvgIpc) is 3.36. The van der Waals surface area contributed by atoms with Gasteiger partial charge in [-0.2, -0.15) is 0 Å². The first-order valence-electron chi connectivity index (χ1n) is 10.4. The van der Waals surface area contributed by atoms with Crippen LogP contribution in [0.15, 0.2) is 77.2 Å². The summed E-state index contributed by atoms with van der Waals surface area (Å²) in [5.41, 5.74) is 1.86. The van der Waals surface area contributed by atoms with Crippen molar-refractivity contribution in [2.24, 2.45) is 0 Å². The normalized spacial score (nSPS) is 13.5. The number of aromatic nitrogens is 2. The molecule has 0 aliphatic heterocycles. The standard InChI is InChI=1S/C25H20ClN3O2S/c26-21-9-5-4-8-20(21)25-28-27-23(31-25)16-29(18-10-11-18)24(30)15-13-19-12-14-22(32-19)17-6-2-1-3-7-17/h1-9,12-15,18H,10-11,16H2/b15-13+. The number of carbonyl (C=O) groups excluding carboxylic acids is 1. The Balaban J connectivity index is 1.28. The first kappa shape index (κ1) is 20.7. The highest BCUT2D eigenvalue weighted by Crippen LogP contribution is 2.31. The molecule has 0 spiro atoms. The van der Waals surface area contributed by atoms with Crippen molar-refractivity contribution in [3.63, 3.8) is 0 Å². The summed E-state index contributed by atoms with van der Waals surface area (Å²) in [5, 5.41) is 8.79. The lowest BCUT2D eigenvalue weighted by atomic mass is 10.2. The van der Waals surface area contributed by atoms with Crippen LogP contribution in [-0.2, 0) is 11.3 Å². The lowest BCUT2D eigenvalue weighted by Gasteiger charge is -2.18. The molecule has 5 nitrogen and oxygen atoms in total. The van der Waals surface area contributed by atoms with E-state index < -0.39 is 0 Å². The predicted molar refractivity (Wildman–Crippen MR) is 127 cm³/mol. The molecule has 0 N–H and O–H groups in total. The van der Waals surface area contributed by atoms with Gasteiger partial charge in [-0.3, -0.25) is 4.79 Å². The maximum absolute atomic E-state index is 12.9. The molecule has 160 valence electrons. The Hall–Kier alpha value is -3.22. The molecule has 0 atom stereocenters. The fourth-order valence-electron chi connectivity index (χ4n) is 3.43. The van der Waals surface area contributed by atoms with Crippen molar-refractivity contribution in [1.82, 2.24) is 15.1 Å². The summed E-state index contributed by atoms with van der Waals surface area (Å²) in [6, 6.07) is 21.9. The molecule has 1 aliphatic carbocycles.